The number of aliphatic hydroxyl groups is 1. The molecule has 0 fully saturated rings. The number of hydrogen-bond donors (Lipinski definition) is 3. The Hall–Kier alpha value is -1.43. The topological polar surface area (TPSA) is 65.4 Å². The van der Waals surface area contributed by atoms with Crippen LogP contribution < -0.4 is 5.32 Å². The summed E-state index contributed by atoms with van der Waals surface area (Å²) >= 11 is 1.70. The van der Waals surface area contributed by atoms with Crippen LogP contribution in [0.15, 0.2) is 23.7 Å². The Bertz CT molecular complexity index is 541. The van der Waals surface area contributed by atoms with E-state index in [-0.39, 0.29) is 18.4 Å². The average molecular weight is 278 g/mol. The van der Waals surface area contributed by atoms with Crippen LogP contribution in [-0.4, -0.2) is 15.2 Å². The largest absolute Gasteiger partial charge is 0.506 e. The van der Waals surface area contributed by atoms with Gasteiger partial charge in [-0.3, -0.25) is 4.98 Å². The van der Waals surface area contributed by atoms with E-state index in [1.807, 2.05) is 11.4 Å². The first-order valence-corrected chi connectivity index (χ1v) is 7.05. The molecule has 5 heteroatoms. The summed E-state index contributed by atoms with van der Waals surface area (Å²) in [5, 5.41) is 24.7. The number of aryl methyl sites for hydroxylation is 1. The molecule has 0 bridgehead atoms. The number of thiophene rings is 1. The molecule has 3 N–H and O–H groups in total. The minimum absolute atomic E-state index is 0.120. The third-order valence-electron chi connectivity index (χ3n) is 3.16. The molecular weight excluding hydrogens is 260 g/mol. The van der Waals surface area contributed by atoms with Crippen LogP contribution >= 0.6 is 11.3 Å². The van der Waals surface area contributed by atoms with Gasteiger partial charge < -0.3 is 15.5 Å². The van der Waals surface area contributed by atoms with E-state index < -0.39 is 0 Å². The zero-order chi connectivity index (χ0) is 13.8. The summed E-state index contributed by atoms with van der Waals surface area (Å²) in [6.45, 7) is 4.22. The van der Waals surface area contributed by atoms with E-state index in [9.17, 15) is 10.2 Å². The predicted octanol–water partition coefficient (Wildman–Crippen LogP) is 2.50. The molecule has 2 rings (SSSR count). The summed E-state index contributed by atoms with van der Waals surface area (Å²) in [5.41, 5.74) is 1.96. The molecule has 2 heterocycles. The van der Waals surface area contributed by atoms with Crippen molar-refractivity contribution in [3.63, 3.8) is 0 Å². The second-order valence-corrected chi connectivity index (χ2v) is 5.45. The highest BCUT2D eigenvalue weighted by Crippen LogP contribution is 2.25. The molecule has 0 spiro atoms. The van der Waals surface area contributed by atoms with Gasteiger partial charge in [0.05, 0.1) is 12.3 Å². The van der Waals surface area contributed by atoms with Crippen molar-refractivity contribution in [2.45, 2.75) is 33.0 Å². The zero-order valence-corrected chi connectivity index (χ0v) is 11.9. The van der Waals surface area contributed by atoms with Crippen molar-refractivity contribution in [2.24, 2.45) is 0 Å². The number of pyridine rings is 1. The summed E-state index contributed by atoms with van der Waals surface area (Å²) in [7, 11) is 0. The Balaban J connectivity index is 2.13. The van der Waals surface area contributed by atoms with Gasteiger partial charge in [0.2, 0.25) is 0 Å². The summed E-state index contributed by atoms with van der Waals surface area (Å²) < 4.78 is 0. The van der Waals surface area contributed by atoms with Gasteiger partial charge in [0.1, 0.15) is 5.75 Å². The van der Waals surface area contributed by atoms with E-state index in [1.165, 1.54) is 4.88 Å². The SMILES string of the molecule is Cc1ncc(CO)c(CN[C@@H](C)c2cccs2)c1O. The fourth-order valence-electron chi connectivity index (χ4n) is 1.91. The quantitative estimate of drug-likeness (QED) is 0.786. The molecule has 0 aliphatic heterocycles. The zero-order valence-electron chi connectivity index (χ0n) is 11.1. The fourth-order valence-corrected chi connectivity index (χ4v) is 2.67. The van der Waals surface area contributed by atoms with Crippen LogP contribution in [0.5, 0.6) is 5.75 Å². The molecule has 0 radical (unpaired) electrons. The van der Waals surface area contributed by atoms with E-state index in [0.717, 1.165) is 5.56 Å². The molecule has 102 valence electrons. The summed E-state index contributed by atoms with van der Waals surface area (Å²) in [6.07, 6.45) is 1.61. The van der Waals surface area contributed by atoms with Gasteiger partial charge in [-0.1, -0.05) is 6.07 Å². The van der Waals surface area contributed by atoms with Gasteiger partial charge in [-0.25, -0.2) is 0 Å². The predicted molar refractivity (Wildman–Crippen MR) is 76.1 cm³/mol. The van der Waals surface area contributed by atoms with E-state index >= 15 is 0 Å². The number of rotatable bonds is 5. The number of aromatic nitrogens is 1. The van der Waals surface area contributed by atoms with Crippen LogP contribution in [-0.2, 0) is 13.2 Å². The molecule has 0 aromatic carbocycles. The van der Waals surface area contributed by atoms with Crippen LogP contribution in [0.25, 0.3) is 0 Å². The molecule has 19 heavy (non-hydrogen) atoms. The molecule has 0 aliphatic carbocycles. The van der Waals surface area contributed by atoms with Crippen LogP contribution in [0.1, 0.15) is 34.7 Å². The lowest BCUT2D eigenvalue weighted by molar-refractivity contribution is 0.278. The Morgan fingerprint density at radius 3 is 2.89 bits per heavy atom. The van der Waals surface area contributed by atoms with E-state index in [2.05, 4.69) is 23.3 Å². The number of nitrogens with zero attached hydrogens (tertiary/aromatic N) is 1. The first kappa shape index (κ1) is 14.0. The van der Waals surface area contributed by atoms with Gasteiger partial charge in [-0.05, 0) is 25.3 Å². The first-order chi connectivity index (χ1) is 9.13. The molecule has 2 aromatic heterocycles. The molecule has 0 aliphatic rings. The van der Waals surface area contributed by atoms with Gasteiger partial charge in [0.15, 0.2) is 0 Å². The van der Waals surface area contributed by atoms with Crippen LogP contribution in [0.3, 0.4) is 0 Å². The standard InChI is InChI=1S/C14H18N2O2S/c1-9(13-4-3-5-19-13)16-7-12-11(8-17)6-15-10(2)14(12)18/h3-6,9,16-18H,7-8H2,1-2H3/t9-/m0/s1. The van der Waals surface area contributed by atoms with Crippen molar-refractivity contribution in [3.05, 3.63) is 45.4 Å². The summed E-state index contributed by atoms with van der Waals surface area (Å²) in [4.78, 5) is 5.30. The Morgan fingerprint density at radius 1 is 1.47 bits per heavy atom. The molecule has 1 atom stereocenters. The molecule has 4 nitrogen and oxygen atoms in total. The Kier molecular flexibility index (Phi) is 4.52. The van der Waals surface area contributed by atoms with Gasteiger partial charge in [-0.2, -0.15) is 0 Å². The minimum atomic E-state index is -0.120. The first-order valence-electron chi connectivity index (χ1n) is 6.17. The van der Waals surface area contributed by atoms with E-state index in [0.29, 0.717) is 17.8 Å². The van der Waals surface area contributed by atoms with Gasteiger partial charge in [0, 0.05) is 34.8 Å². The van der Waals surface area contributed by atoms with Crippen molar-refractivity contribution in [2.75, 3.05) is 0 Å². The van der Waals surface area contributed by atoms with E-state index in [1.54, 1.807) is 24.5 Å². The normalized spacial score (nSPS) is 12.6. The van der Waals surface area contributed by atoms with Crippen molar-refractivity contribution in [1.82, 2.24) is 10.3 Å². The van der Waals surface area contributed by atoms with Gasteiger partial charge in [0.25, 0.3) is 0 Å². The number of aromatic hydroxyl groups is 1. The maximum Gasteiger partial charge on any atom is 0.141 e. The highest BCUT2D eigenvalue weighted by atomic mass is 32.1. The summed E-state index contributed by atoms with van der Waals surface area (Å²) in [5.74, 6) is 0.164. The highest BCUT2D eigenvalue weighted by molar-refractivity contribution is 7.10. The van der Waals surface area contributed by atoms with Gasteiger partial charge >= 0.3 is 0 Å². The smallest absolute Gasteiger partial charge is 0.141 e. The fraction of sp³-hybridized carbons (Fsp3) is 0.357. The maximum atomic E-state index is 10.0. The third kappa shape index (κ3) is 3.12. The molecule has 0 amide bonds. The van der Waals surface area contributed by atoms with Crippen molar-refractivity contribution in [1.29, 1.82) is 0 Å². The maximum absolute atomic E-state index is 10.0. The lowest BCUT2D eigenvalue weighted by atomic mass is 10.1. The number of hydrogen-bond acceptors (Lipinski definition) is 5. The molecule has 0 saturated carbocycles. The van der Waals surface area contributed by atoms with Crippen molar-refractivity contribution < 1.29 is 10.2 Å². The molecule has 0 unspecified atom stereocenters. The lowest BCUT2D eigenvalue weighted by Gasteiger charge is -2.16. The highest BCUT2D eigenvalue weighted by Gasteiger charge is 2.13. The van der Waals surface area contributed by atoms with Crippen LogP contribution in [0.4, 0.5) is 0 Å². The van der Waals surface area contributed by atoms with Crippen molar-refractivity contribution >= 4 is 11.3 Å². The molecule has 2 aromatic rings. The Morgan fingerprint density at radius 2 is 2.26 bits per heavy atom. The van der Waals surface area contributed by atoms with E-state index in [4.69, 9.17) is 0 Å². The third-order valence-corrected chi connectivity index (χ3v) is 4.21. The second kappa shape index (κ2) is 6.14. The lowest BCUT2D eigenvalue weighted by Crippen LogP contribution is -2.18. The average Bonchev–Trinajstić information content (AvgIpc) is 2.94. The van der Waals surface area contributed by atoms with Gasteiger partial charge in [-0.15, -0.1) is 11.3 Å². The number of aliphatic hydroxyl groups excluding tert-OH is 1. The second-order valence-electron chi connectivity index (χ2n) is 4.47. The Labute approximate surface area is 116 Å². The number of nitrogens with one attached hydrogen (secondary N) is 1. The monoisotopic (exact) mass is 278 g/mol. The van der Waals surface area contributed by atoms with Crippen molar-refractivity contribution in [3.8, 4) is 5.75 Å². The molecular formula is C14H18N2O2S. The summed E-state index contributed by atoms with van der Waals surface area (Å²) in [6, 6.07) is 4.30. The minimum Gasteiger partial charge on any atom is -0.506 e. The van der Waals surface area contributed by atoms with Crippen LogP contribution in [0, 0.1) is 6.92 Å². The van der Waals surface area contributed by atoms with Crippen LogP contribution in [0.2, 0.25) is 0 Å². The molecule has 0 saturated heterocycles.